The van der Waals surface area contributed by atoms with E-state index in [-0.39, 0.29) is 29.2 Å². The number of aromatic nitrogens is 1. The topological polar surface area (TPSA) is 79.0 Å². The molecular weight excluding hydrogens is 280 g/mol. The van der Waals surface area contributed by atoms with E-state index in [9.17, 15) is 14.4 Å². The third-order valence-corrected chi connectivity index (χ3v) is 4.69. The van der Waals surface area contributed by atoms with E-state index in [0.29, 0.717) is 24.1 Å². The van der Waals surface area contributed by atoms with Gasteiger partial charge in [0.1, 0.15) is 5.56 Å². The molecule has 5 nitrogen and oxygen atoms in total. The molecule has 2 N–H and O–H groups in total. The van der Waals surface area contributed by atoms with Crippen LogP contribution in [0.25, 0.3) is 0 Å². The van der Waals surface area contributed by atoms with E-state index in [2.05, 4.69) is 10.3 Å². The van der Waals surface area contributed by atoms with E-state index in [1.54, 1.807) is 0 Å². The number of amides is 1. The number of Topliss-reactive ketones (excluding diaryl/α,β-unsaturated/α-hetero) is 1. The van der Waals surface area contributed by atoms with Crippen molar-refractivity contribution in [2.75, 3.05) is 0 Å². The molecule has 1 amide bonds. The molecule has 0 aliphatic heterocycles. The molecule has 0 aromatic carbocycles. The van der Waals surface area contributed by atoms with Gasteiger partial charge in [-0.15, -0.1) is 0 Å². The van der Waals surface area contributed by atoms with Crippen molar-refractivity contribution in [3.63, 3.8) is 0 Å². The fourth-order valence-electron chi connectivity index (χ4n) is 3.50. The van der Waals surface area contributed by atoms with Gasteiger partial charge < -0.3 is 10.3 Å². The van der Waals surface area contributed by atoms with Crippen LogP contribution < -0.4 is 10.9 Å². The van der Waals surface area contributed by atoms with Crippen LogP contribution >= 0.6 is 0 Å². The quantitative estimate of drug-likeness (QED) is 0.879. The molecule has 1 saturated carbocycles. The van der Waals surface area contributed by atoms with Crippen LogP contribution in [-0.4, -0.2) is 22.7 Å². The molecule has 2 aliphatic carbocycles. The minimum atomic E-state index is -0.394. The highest BCUT2D eigenvalue weighted by molar-refractivity contribution is 6.01. The molecule has 1 heterocycles. The first-order chi connectivity index (χ1) is 10.5. The average Bonchev–Trinajstić information content (AvgIpc) is 2.47. The summed E-state index contributed by atoms with van der Waals surface area (Å²) in [5.74, 6) is -0.114. The minimum Gasteiger partial charge on any atom is -0.349 e. The summed E-state index contributed by atoms with van der Waals surface area (Å²) >= 11 is 0. The van der Waals surface area contributed by atoms with E-state index in [4.69, 9.17) is 0 Å². The lowest BCUT2D eigenvalue weighted by atomic mass is 9.86. The molecule has 3 rings (SSSR count). The summed E-state index contributed by atoms with van der Waals surface area (Å²) in [4.78, 5) is 39.4. The standard InChI is InChI=1S/C17H22N2O3/c1-10-7-14-12(15(20)8-10)9-13(17(22)19-14)16(21)18-11-5-3-2-4-6-11/h9-11H,2-8H2,1H3,(H,18,21)(H,19,22)/t10-/m0/s1. The number of rotatable bonds is 2. The number of ketones is 1. The van der Waals surface area contributed by atoms with Gasteiger partial charge in [0, 0.05) is 23.7 Å². The molecule has 1 atom stereocenters. The van der Waals surface area contributed by atoms with Gasteiger partial charge in [0.25, 0.3) is 11.5 Å². The van der Waals surface area contributed by atoms with Crippen molar-refractivity contribution in [1.29, 1.82) is 0 Å². The van der Waals surface area contributed by atoms with Crippen LogP contribution in [0.2, 0.25) is 0 Å². The molecule has 0 bridgehead atoms. The summed E-state index contributed by atoms with van der Waals surface area (Å²) in [5, 5.41) is 2.94. The number of nitrogens with one attached hydrogen (secondary N) is 2. The molecule has 0 spiro atoms. The first kappa shape index (κ1) is 15.0. The third-order valence-electron chi connectivity index (χ3n) is 4.69. The Hall–Kier alpha value is -1.91. The van der Waals surface area contributed by atoms with Crippen molar-refractivity contribution in [2.24, 2.45) is 5.92 Å². The Balaban J connectivity index is 1.84. The van der Waals surface area contributed by atoms with Gasteiger partial charge in [0.05, 0.1) is 0 Å². The SMILES string of the molecule is C[C@@H]1CC(=O)c2cc(C(=O)NC3CCCCC3)c(=O)[nH]c2C1. The molecule has 1 fully saturated rings. The summed E-state index contributed by atoms with van der Waals surface area (Å²) < 4.78 is 0. The van der Waals surface area contributed by atoms with E-state index in [1.165, 1.54) is 12.5 Å². The maximum Gasteiger partial charge on any atom is 0.261 e. The van der Waals surface area contributed by atoms with Crippen LogP contribution in [0.4, 0.5) is 0 Å². The number of hydrogen-bond donors (Lipinski definition) is 2. The van der Waals surface area contributed by atoms with Gasteiger partial charge in [-0.25, -0.2) is 0 Å². The normalized spacial score (nSPS) is 22.2. The Morgan fingerprint density at radius 2 is 1.91 bits per heavy atom. The molecule has 0 unspecified atom stereocenters. The van der Waals surface area contributed by atoms with Gasteiger partial charge >= 0.3 is 0 Å². The lowest BCUT2D eigenvalue weighted by Crippen LogP contribution is -2.39. The highest BCUT2D eigenvalue weighted by atomic mass is 16.2. The molecule has 118 valence electrons. The summed E-state index contributed by atoms with van der Waals surface area (Å²) in [6, 6.07) is 1.63. The van der Waals surface area contributed by atoms with Crippen LogP contribution in [0.1, 0.15) is 71.9 Å². The van der Waals surface area contributed by atoms with Crippen LogP contribution in [0.5, 0.6) is 0 Å². The number of H-pyrrole nitrogens is 1. The van der Waals surface area contributed by atoms with Crippen molar-refractivity contribution >= 4 is 11.7 Å². The fourth-order valence-corrected chi connectivity index (χ4v) is 3.50. The van der Waals surface area contributed by atoms with Gasteiger partial charge in [-0.2, -0.15) is 0 Å². The Morgan fingerprint density at radius 3 is 2.64 bits per heavy atom. The number of carbonyl (C=O) groups is 2. The number of hydrogen-bond acceptors (Lipinski definition) is 3. The van der Waals surface area contributed by atoms with E-state index in [0.717, 1.165) is 25.7 Å². The summed E-state index contributed by atoms with van der Waals surface area (Å²) in [7, 11) is 0. The highest BCUT2D eigenvalue weighted by Crippen LogP contribution is 2.23. The van der Waals surface area contributed by atoms with Gasteiger partial charge in [-0.1, -0.05) is 26.2 Å². The number of pyridine rings is 1. The third kappa shape index (κ3) is 2.98. The van der Waals surface area contributed by atoms with Crippen molar-refractivity contribution in [2.45, 2.75) is 57.9 Å². The number of carbonyl (C=O) groups excluding carboxylic acids is 2. The Morgan fingerprint density at radius 1 is 1.18 bits per heavy atom. The predicted molar refractivity (Wildman–Crippen MR) is 83.2 cm³/mol. The van der Waals surface area contributed by atoms with Crippen LogP contribution in [0.15, 0.2) is 10.9 Å². The van der Waals surface area contributed by atoms with Gasteiger partial charge in [-0.3, -0.25) is 14.4 Å². The summed E-state index contributed by atoms with van der Waals surface area (Å²) in [6.07, 6.45) is 6.52. The minimum absolute atomic E-state index is 0.0108. The maximum absolute atomic E-state index is 12.3. The molecule has 2 aliphatic rings. The van der Waals surface area contributed by atoms with Crippen molar-refractivity contribution < 1.29 is 9.59 Å². The Bertz CT molecular complexity index is 656. The molecule has 0 saturated heterocycles. The molecule has 22 heavy (non-hydrogen) atoms. The lowest BCUT2D eigenvalue weighted by Gasteiger charge is -2.23. The fraction of sp³-hybridized carbons (Fsp3) is 0.588. The number of fused-ring (bicyclic) bond motifs is 1. The van der Waals surface area contributed by atoms with Crippen LogP contribution in [0, 0.1) is 5.92 Å². The second-order valence-electron chi connectivity index (χ2n) is 6.65. The summed E-state index contributed by atoms with van der Waals surface area (Å²) in [6.45, 7) is 1.99. The first-order valence-corrected chi connectivity index (χ1v) is 8.15. The Kier molecular flexibility index (Phi) is 4.14. The summed E-state index contributed by atoms with van der Waals surface area (Å²) in [5.41, 5.74) is 0.843. The van der Waals surface area contributed by atoms with Gasteiger partial charge in [0.15, 0.2) is 5.78 Å². The van der Waals surface area contributed by atoms with Gasteiger partial charge in [0.2, 0.25) is 0 Å². The van der Waals surface area contributed by atoms with Crippen LogP contribution in [0.3, 0.4) is 0 Å². The van der Waals surface area contributed by atoms with Crippen molar-refractivity contribution in [3.05, 3.63) is 33.2 Å². The second kappa shape index (κ2) is 6.07. The molecular formula is C17H22N2O3. The number of aromatic amines is 1. The largest absolute Gasteiger partial charge is 0.349 e. The highest BCUT2D eigenvalue weighted by Gasteiger charge is 2.26. The molecule has 5 heteroatoms. The van der Waals surface area contributed by atoms with Gasteiger partial charge in [-0.05, 0) is 31.2 Å². The lowest BCUT2D eigenvalue weighted by molar-refractivity contribution is 0.0926. The predicted octanol–water partition coefficient (Wildman–Crippen LogP) is 2.20. The van der Waals surface area contributed by atoms with E-state index >= 15 is 0 Å². The monoisotopic (exact) mass is 302 g/mol. The smallest absolute Gasteiger partial charge is 0.261 e. The zero-order valence-corrected chi connectivity index (χ0v) is 12.9. The van der Waals surface area contributed by atoms with E-state index in [1.807, 2.05) is 6.92 Å². The molecule has 1 aromatic heterocycles. The zero-order valence-electron chi connectivity index (χ0n) is 12.9. The first-order valence-electron chi connectivity index (χ1n) is 8.15. The van der Waals surface area contributed by atoms with Crippen molar-refractivity contribution in [1.82, 2.24) is 10.3 Å². The second-order valence-corrected chi connectivity index (χ2v) is 6.65. The molecule has 1 aromatic rings. The maximum atomic E-state index is 12.3. The molecule has 0 radical (unpaired) electrons. The van der Waals surface area contributed by atoms with Crippen LogP contribution in [-0.2, 0) is 6.42 Å². The average molecular weight is 302 g/mol. The van der Waals surface area contributed by atoms with E-state index < -0.39 is 5.56 Å². The Labute approximate surface area is 129 Å². The van der Waals surface area contributed by atoms with Crippen molar-refractivity contribution in [3.8, 4) is 0 Å². The zero-order chi connectivity index (χ0) is 15.7.